The van der Waals surface area contributed by atoms with Crippen molar-refractivity contribution >= 4 is 0 Å². The van der Waals surface area contributed by atoms with Gasteiger partial charge >= 0.3 is 0 Å². The molecule has 0 saturated carbocycles. The van der Waals surface area contributed by atoms with Gasteiger partial charge in [0.25, 0.3) is 0 Å². The van der Waals surface area contributed by atoms with Crippen molar-refractivity contribution in [3.05, 3.63) is 33.5 Å². The summed E-state index contributed by atoms with van der Waals surface area (Å²) in [5.74, 6) is 0.808. The molecule has 0 atom stereocenters. The van der Waals surface area contributed by atoms with Gasteiger partial charge in [-0.25, -0.2) is 0 Å². The Bertz CT molecular complexity index is 383. The molecule has 0 aromatic carbocycles. The van der Waals surface area contributed by atoms with Crippen molar-refractivity contribution in [3.8, 4) is 5.75 Å². The van der Waals surface area contributed by atoms with Crippen molar-refractivity contribution in [1.82, 2.24) is 4.98 Å². The van der Waals surface area contributed by atoms with Crippen molar-refractivity contribution in [3.63, 3.8) is 0 Å². The molecule has 0 spiro atoms. The quantitative estimate of drug-likeness (QED) is 0.419. The number of azide groups is 1. The average Bonchev–Trinajstić information content (AvgIpc) is 2.18. The third-order valence-electron chi connectivity index (χ3n) is 2.03. The molecule has 0 aliphatic heterocycles. The molecule has 0 unspecified atom stereocenters. The summed E-state index contributed by atoms with van der Waals surface area (Å²) >= 11 is 0. The van der Waals surface area contributed by atoms with E-state index in [9.17, 15) is 0 Å². The molecular weight excluding hydrogens is 180 g/mol. The molecule has 0 saturated heterocycles. The van der Waals surface area contributed by atoms with Crippen LogP contribution in [-0.2, 0) is 6.54 Å². The van der Waals surface area contributed by atoms with E-state index in [1.165, 1.54) is 0 Å². The second kappa shape index (κ2) is 4.48. The topological polar surface area (TPSA) is 70.9 Å². The first-order chi connectivity index (χ1) is 6.70. The van der Waals surface area contributed by atoms with E-state index in [4.69, 9.17) is 10.3 Å². The second-order valence-electron chi connectivity index (χ2n) is 2.94. The molecular formula is C9H12N4O. The molecule has 1 rings (SSSR count). The van der Waals surface area contributed by atoms with E-state index < -0.39 is 0 Å². The van der Waals surface area contributed by atoms with Crippen LogP contribution in [0.3, 0.4) is 0 Å². The molecule has 0 aliphatic rings. The summed E-state index contributed by atoms with van der Waals surface area (Å²) in [5.41, 5.74) is 10.9. The maximum Gasteiger partial charge on any atom is 0.128 e. The predicted octanol–water partition coefficient (Wildman–Crippen LogP) is 2.52. The first-order valence-corrected chi connectivity index (χ1v) is 4.20. The number of aromatic nitrogens is 1. The van der Waals surface area contributed by atoms with Crippen LogP contribution in [0.4, 0.5) is 0 Å². The van der Waals surface area contributed by atoms with E-state index >= 15 is 0 Å². The van der Waals surface area contributed by atoms with Crippen LogP contribution in [0.15, 0.2) is 11.3 Å². The Morgan fingerprint density at radius 1 is 1.57 bits per heavy atom. The smallest absolute Gasteiger partial charge is 0.128 e. The van der Waals surface area contributed by atoms with Gasteiger partial charge in [0.1, 0.15) is 5.75 Å². The highest BCUT2D eigenvalue weighted by atomic mass is 16.5. The molecule has 0 radical (unpaired) electrons. The lowest BCUT2D eigenvalue weighted by atomic mass is 10.1. The standard InChI is InChI=1S/C9H12N4O/c1-6-4-11-8(5-12-13-10)7(2)9(6)14-3/h4H,5H2,1-3H3. The van der Waals surface area contributed by atoms with Crippen LogP contribution in [-0.4, -0.2) is 12.1 Å². The van der Waals surface area contributed by atoms with Gasteiger partial charge < -0.3 is 4.74 Å². The normalized spacial score (nSPS) is 9.36. The summed E-state index contributed by atoms with van der Waals surface area (Å²) in [5, 5.41) is 3.47. The minimum absolute atomic E-state index is 0.263. The zero-order valence-electron chi connectivity index (χ0n) is 8.48. The third kappa shape index (κ3) is 1.95. The summed E-state index contributed by atoms with van der Waals surface area (Å²) < 4.78 is 5.22. The fourth-order valence-corrected chi connectivity index (χ4v) is 1.33. The molecule has 5 nitrogen and oxygen atoms in total. The molecule has 14 heavy (non-hydrogen) atoms. The molecule has 5 heteroatoms. The van der Waals surface area contributed by atoms with E-state index in [2.05, 4.69) is 15.0 Å². The molecule has 74 valence electrons. The highest BCUT2D eigenvalue weighted by Gasteiger charge is 2.07. The summed E-state index contributed by atoms with van der Waals surface area (Å²) in [6.07, 6.45) is 1.72. The molecule has 1 aromatic heterocycles. The predicted molar refractivity (Wildman–Crippen MR) is 53.1 cm³/mol. The van der Waals surface area contributed by atoms with Crippen LogP contribution in [0.1, 0.15) is 16.8 Å². The Labute approximate surface area is 82.4 Å². The molecule has 1 aromatic rings. The number of aryl methyl sites for hydroxylation is 1. The van der Waals surface area contributed by atoms with Crippen LogP contribution in [0.5, 0.6) is 5.75 Å². The molecule has 1 heterocycles. The fourth-order valence-electron chi connectivity index (χ4n) is 1.33. The highest BCUT2D eigenvalue weighted by molar-refractivity contribution is 5.40. The highest BCUT2D eigenvalue weighted by Crippen LogP contribution is 2.24. The molecule has 0 N–H and O–H groups in total. The van der Waals surface area contributed by atoms with Crippen LogP contribution in [0.25, 0.3) is 10.4 Å². The van der Waals surface area contributed by atoms with E-state index in [0.717, 1.165) is 22.6 Å². The van der Waals surface area contributed by atoms with Gasteiger partial charge in [-0.2, -0.15) is 0 Å². The first kappa shape index (κ1) is 10.3. The number of pyridine rings is 1. The second-order valence-corrected chi connectivity index (χ2v) is 2.94. The Morgan fingerprint density at radius 2 is 2.29 bits per heavy atom. The Hall–Kier alpha value is -1.74. The van der Waals surface area contributed by atoms with E-state index in [1.807, 2.05) is 13.8 Å². The monoisotopic (exact) mass is 192 g/mol. The maximum atomic E-state index is 8.20. The average molecular weight is 192 g/mol. The molecule has 0 aliphatic carbocycles. The fraction of sp³-hybridized carbons (Fsp3) is 0.444. The minimum atomic E-state index is 0.263. The number of rotatable bonds is 3. The van der Waals surface area contributed by atoms with Crippen LogP contribution in [0, 0.1) is 13.8 Å². The maximum absolute atomic E-state index is 8.20. The Morgan fingerprint density at radius 3 is 2.86 bits per heavy atom. The third-order valence-corrected chi connectivity index (χ3v) is 2.03. The van der Waals surface area contributed by atoms with Crippen LogP contribution in [0.2, 0.25) is 0 Å². The van der Waals surface area contributed by atoms with Gasteiger partial charge in [0.15, 0.2) is 0 Å². The van der Waals surface area contributed by atoms with Gasteiger partial charge in [-0.05, 0) is 19.4 Å². The van der Waals surface area contributed by atoms with Crippen LogP contribution >= 0.6 is 0 Å². The Kier molecular flexibility index (Phi) is 3.31. The number of hydrogen-bond acceptors (Lipinski definition) is 3. The molecule has 0 fully saturated rings. The van der Waals surface area contributed by atoms with Crippen molar-refractivity contribution in [2.45, 2.75) is 20.4 Å². The summed E-state index contributed by atoms with van der Waals surface area (Å²) in [4.78, 5) is 6.87. The van der Waals surface area contributed by atoms with E-state index in [0.29, 0.717) is 0 Å². The number of methoxy groups -OCH3 is 1. The van der Waals surface area contributed by atoms with Gasteiger partial charge in [-0.15, -0.1) is 0 Å². The van der Waals surface area contributed by atoms with Crippen molar-refractivity contribution in [2.75, 3.05) is 7.11 Å². The van der Waals surface area contributed by atoms with Gasteiger partial charge in [0.2, 0.25) is 0 Å². The summed E-state index contributed by atoms with van der Waals surface area (Å²) in [6, 6.07) is 0. The zero-order chi connectivity index (χ0) is 10.6. The lowest BCUT2D eigenvalue weighted by Crippen LogP contribution is -1.98. The molecule has 0 bridgehead atoms. The zero-order valence-corrected chi connectivity index (χ0v) is 8.48. The van der Waals surface area contributed by atoms with E-state index in [1.54, 1.807) is 13.3 Å². The Balaban J connectivity index is 3.13. The van der Waals surface area contributed by atoms with E-state index in [-0.39, 0.29) is 6.54 Å². The first-order valence-electron chi connectivity index (χ1n) is 4.20. The van der Waals surface area contributed by atoms with Gasteiger partial charge in [-0.1, -0.05) is 5.11 Å². The van der Waals surface area contributed by atoms with Crippen molar-refractivity contribution in [1.29, 1.82) is 0 Å². The largest absolute Gasteiger partial charge is 0.496 e. The molecule has 0 amide bonds. The SMILES string of the molecule is COc1c(C)cnc(CN=[N+]=[N-])c1C. The van der Waals surface area contributed by atoms with Crippen LogP contribution < -0.4 is 4.74 Å². The van der Waals surface area contributed by atoms with Gasteiger partial charge in [-0.3, -0.25) is 4.98 Å². The van der Waals surface area contributed by atoms with Crippen molar-refractivity contribution in [2.24, 2.45) is 5.11 Å². The summed E-state index contributed by atoms with van der Waals surface area (Å²) in [7, 11) is 1.62. The number of nitrogens with zero attached hydrogens (tertiary/aromatic N) is 4. The number of hydrogen-bond donors (Lipinski definition) is 0. The van der Waals surface area contributed by atoms with Gasteiger partial charge in [0, 0.05) is 22.2 Å². The lowest BCUT2D eigenvalue weighted by molar-refractivity contribution is 0.407. The minimum Gasteiger partial charge on any atom is -0.496 e. The van der Waals surface area contributed by atoms with Gasteiger partial charge in [0.05, 0.1) is 19.3 Å². The van der Waals surface area contributed by atoms with Crippen molar-refractivity contribution < 1.29 is 4.74 Å². The summed E-state index contributed by atoms with van der Waals surface area (Å²) in [6.45, 7) is 4.09. The number of ether oxygens (including phenoxy) is 1. The lowest BCUT2D eigenvalue weighted by Gasteiger charge is -2.10.